The quantitative estimate of drug-likeness (QED) is 0.816. The Morgan fingerprint density at radius 1 is 1.42 bits per heavy atom. The summed E-state index contributed by atoms with van der Waals surface area (Å²) in [7, 11) is 0. The predicted molar refractivity (Wildman–Crippen MR) is 60.5 cm³/mol. The molecule has 0 bridgehead atoms. The van der Waals surface area contributed by atoms with Crippen molar-refractivity contribution >= 4 is 28.3 Å². The van der Waals surface area contributed by atoms with Gasteiger partial charge >= 0.3 is 0 Å². The molecular formula is C10H12IN. The Bertz CT molecular complexity index is 292. The van der Waals surface area contributed by atoms with Gasteiger partial charge in [-0.2, -0.15) is 0 Å². The number of anilines is 1. The van der Waals surface area contributed by atoms with Crippen LogP contribution in [0, 0.1) is 10.5 Å². The molecule has 0 aromatic heterocycles. The molecule has 0 unspecified atom stereocenters. The third-order valence-electron chi connectivity index (χ3n) is 2.13. The molecule has 2 heteroatoms. The molecule has 0 spiro atoms. The Morgan fingerprint density at radius 2 is 2.17 bits per heavy atom. The van der Waals surface area contributed by atoms with E-state index >= 15 is 0 Å². The van der Waals surface area contributed by atoms with Crippen LogP contribution in [0.25, 0.3) is 0 Å². The number of aryl methyl sites for hydroxylation is 1. The molecule has 0 amide bonds. The molecular weight excluding hydrogens is 261 g/mol. The maximum atomic E-state index is 3.51. The van der Waals surface area contributed by atoms with E-state index < -0.39 is 0 Å². The zero-order chi connectivity index (χ0) is 8.55. The van der Waals surface area contributed by atoms with Crippen molar-refractivity contribution in [1.82, 2.24) is 0 Å². The molecule has 1 aliphatic rings. The second-order valence-corrected chi connectivity index (χ2v) is 4.62. The summed E-state index contributed by atoms with van der Waals surface area (Å²) < 4.78 is 1.31. The minimum Gasteiger partial charge on any atom is -0.382 e. The van der Waals surface area contributed by atoms with Gasteiger partial charge in [0.15, 0.2) is 0 Å². The zero-order valence-corrected chi connectivity index (χ0v) is 9.26. The smallest absolute Gasteiger partial charge is 0.0372 e. The first-order valence-corrected chi connectivity index (χ1v) is 5.36. The average molecular weight is 273 g/mol. The SMILES string of the molecule is Cc1cc(I)ccc1NC1CC1. The minimum atomic E-state index is 0.753. The number of halogens is 1. The summed E-state index contributed by atoms with van der Waals surface area (Å²) in [5.41, 5.74) is 2.66. The largest absolute Gasteiger partial charge is 0.382 e. The molecule has 1 saturated carbocycles. The topological polar surface area (TPSA) is 12.0 Å². The van der Waals surface area contributed by atoms with Crippen LogP contribution in [0.5, 0.6) is 0 Å². The van der Waals surface area contributed by atoms with E-state index in [1.54, 1.807) is 0 Å². The van der Waals surface area contributed by atoms with Gasteiger partial charge < -0.3 is 5.32 Å². The van der Waals surface area contributed by atoms with Gasteiger partial charge in [-0.15, -0.1) is 0 Å². The van der Waals surface area contributed by atoms with Crippen LogP contribution in [-0.4, -0.2) is 6.04 Å². The van der Waals surface area contributed by atoms with Crippen molar-refractivity contribution in [1.29, 1.82) is 0 Å². The lowest BCUT2D eigenvalue weighted by atomic mass is 10.2. The van der Waals surface area contributed by atoms with Crippen molar-refractivity contribution in [2.24, 2.45) is 0 Å². The highest BCUT2D eigenvalue weighted by Crippen LogP contribution is 2.27. The summed E-state index contributed by atoms with van der Waals surface area (Å²) in [6.07, 6.45) is 2.68. The van der Waals surface area contributed by atoms with Gasteiger partial charge in [0.25, 0.3) is 0 Å². The molecule has 1 aromatic rings. The summed E-state index contributed by atoms with van der Waals surface area (Å²) in [4.78, 5) is 0. The lowest BCUT2D eigenvalue weighted by Crippen LogP contribution is -2.02. The van der Waals surface area contributed by atoms with Crippen LogP contribution in [0.4, 0.5) is 5.69 Å². The van der Waals surface area contributed by atoms with Gasteiger partial charge in [0, 0.05) is 15.3 Å². The maximum absolute atomic E-state index is 3.51. The third-order valence-corrected chi connectivity index (χ3v) is 2.80. The predicted octanol–water partition coefficient (Wildman–Crippen LogP) is 3.17. The van der Waals surface area contributed by atoms with Crippen LogP contribution in [0.15, 0.2) is 18.2 Å². The monoisotopic (exact) mass is 273 g/mol. The Kier molecular flexibility index (Phi) is 2.26. The molecule has 0 saturated heterocycles. The van der Waals surface area contributed by atoms with E-state index in [1.165, 1.54) is 27.7 Å². The van der Waals surface area contributed by atoms with Crippen LogP contribution in [-0.2, 0) is 0 Å². The van der Waals surface area contributed by atoms with Crippen LogP contribution < -0.4 is 5.32 Å². The van der Waals surface area contributed by atoms with E-state index in [1.807, 2.05) is 0 Å². The molecule has 2 rings (SSSR count). The fraction of sp³-hybridized carbons (Fsp3) is 0.400. The van der Waals surface area contributed by atoms with Crippen LogP contribution >= 0.6 is 22.6 Å². The average Bonchev–Trinajstić information content (AvgIpc) is 2.79. The summed E-state index contributed by atoms with van der Waals surface area (Å²) in [6, 6.07) is 7.29. The first-order valence-electron chi connectivity index (χ1n) is 4.28. The van der Waals surface area contributed by atoms with Crippen molar-refractivity contribution in [2.75, 3.05) is 5.32 Å². The standard InChI is InChI=1S/C10H12IN/c1-7-6-8(11)2-5-10(7)12-9-3-4-9/h2,5-6,9,12H,3-4H2,1H3. The molecule has 1 N–H and O–H groups in total. The van der Waals surface area contributed by atoms with Gasteiger partial charge in [-0.1, -0.05) is 0 Å². The highest BCUT2D eigenvalue weighted by Gasteiger charge is 2.21. The fourth-order valence-corrected chi connectivity index (χ4v) is 1.88. The Balaban J connectivity index is 2.18. The van der Waals surface area contributed by atoms with Gasteiger partial charge in [-0.25, -0.2) is 0 Å². The van der Waals surface area contributed by atoms with Crippen molar-refractivity contribution in [3.63, 3.8) is 0 Å². The van der Waals surface area contributed by atoms with Crippen LogP contribution in [0.1, 0.15) is 18.4 Å². The number of nitrogens with one attached hydrogen (secondary N) is 1. The van der Waals surface area contributed by atoms with Gasteiger partial charge in [0.1, 0.15) is 0 Å². The van der Waals surface area contributed by atoms with Gasteiger partial charge in [-0.3, -0.25) is 0 Å². The number of hydrogen-bond acceptors (Lipinski definition) is 1. The first-order chi connectivity index (χ1) is 5.75. The highest BCUT2D eigenvalue weighted by atomic mass is 127. The Labute approximate surface area is 86.7 Å². The first kappa shape index (κ1) is 8.35. The Morgan fingerprint density at radius 3 is 2.75 bits per heavy atom. The summed E-state index contributed by atoms with van der Waals surface area (Å²) in [5, 5.41) is 3.51. The molecule has 1 aromatic carbocycles. The van der Waals surface area contributed by atoms with E-state index in [-0.39, 0.29) is 0 Å². The van der Waals surface area contributed by atoms with Gasteiger partial charge in [-0.05, 0) is 66.1 Å². The maximum Gasteiger partial charge on any atom is 0.0372 e. The Hall–Kier alpha value is -0.250. The second kappa shape index (κ2) is 3.24. The molecule has 1 aliphatic carbocycles. The molecule has 0 aliphatic heterocycles. The lowest BCUT2D eigenvalue weighted by Gasteiger charge is -2.07. The zero-order valence-electron chi connectivity index (χ0n) is 7.10. The van der Waals surface area contributed by atoms with E-state index in [9.17, 15) is 0 Å². The lowest BCUT2D eigenvalue weighted by molar-refractivity contribution is 1.14. The van der Waals surface area contributed by atoms with Gasteiger partial charge in [0.05, 0.1) is 0 Å². The molecule has 64 valence electrons. The molecule has 1 fully saturated rings. The van der Waals surface area contributed by atoms with E-state index in [0.29, 0.717) is 0 Å². The molecule has 0 heterocycles. The van der Waals surface area contributed by atoms with Crippen molar-refractivity contribution in [2.45, 2.75) is 25.8 Å². The molecule has 1 nitrogen and oxygen atoms in total. The van der Waals surface area contributed by atoms with Crippen molar-refractivity contribution in [3.8, 4) is 0 Å². The number of hydrogen-bond donors (Lipinski definition) is 1. The van der Waals surface area contributed by atoms with Crippen LogP contribution in [0.3, 0.4) is 0 Å². The van der Waals surface area contributed by atoms with Crippen molar-refractivity contribution in [3.05, 3.63) is 27.3 Å². The normalized spacial score (nSPS) is 16.2. The van der Waals surface area contributed by atoms with Crippen molar-refractivity contribution < 1.29 is 0 Å². The number of rotatable bonds is 2. The van der Waals surface area contributed by atoms with E-state index in [4.69, 9.17) is 0 Å². The third kappa shape index (κ3) is 1.91. The highest BCUT2D eigenvalue weighted by molar-refractivity contribution is 14.1. The summed E-state index contributed by atoms with van der Waals surface area (Å²) in [5.74, 6) is 0. The molecule has 0 atom stereocenters. The summed E-state index contributed by atoms with van der Waals surface area (Å²) >= 11 is 2.34. The minimum absolute atomic E-state index is 0.753. The van der Waals surface area contributed by atoms with E-state index in [2.05, 4.69) is 53.0 Å². The summed E-state index contributed by atoms with van der Waals surface area (Å²) in [6.45, 7) is 2.16. The fourth-order valence-electron chi connectivity index (χ4n) is 1.24. The van der Waals surface area contributed by atoms with E-state index in [0.717, 1.165) is 6.04 Å². The molecule has 0 radical (unpaired) electrons. The molecule has 12 heavy (non-hydrogen) atoms. The number of benzene rings is 1. The van der Waals surface area contributed by atoms with Gasteiger partial charge in [0.2, 0.25) is 0 Å². The second-order valence-electron chi connectivity index (χ2n) is 3.38. The van der Waals surface area contributed by atoms with Crippen LogP contribution in [0.2, 0.25) is 0 Å².